The molecule has 0 atom stereocenters. The standard InChI is InChI=1S/C20H24F2N8O2/c1-5-19(24-23-14(3)16-9-10-29(25-16)11-18(21)22)32-12-15-13(2)7-6-8-17(15)30-20(31)28(4)26-27-30/h6-10,18H,5,11-12H2,1-4H3. The average molecular weight is 446 g/mol. The molecule has 0 aliphatic carbocycles. The molecular formula is C20H24F2N8O2. The summed E-state index contributed by atoms with van der Waals surface area (Å²) in [6, 6.07) is 7.10. The minimum Gasteiger partial charge on any atom is -0.475 e. The van der Waals surface area contributed by atoms with Crippen LogP contribution >= 0.6 is 0 Å². The van der Waals surface area contributed by atoms with E-state index in [1.54, 1.807) is 19.1 Å². The van der Waals surface area contributed by atoms with Crippen molar-refractivity contribution in [1.29, 1.82) is 0 Å². The molecule has 2 heterocycles. The van der Waals surface area contributed by atoms with E-state index in [4.69, 9.17) is 4.74 Å². The molecule has 0 spiro atoms. The van der Waals surface area contributed by atoms with E-state index in [9.17, 15) is 13.6 Å². The Hall–Kier alpha value is -3.70. The molecule has 0 N–H and O–H groups in total. The van der Waals surface area contributed by atoms with E-state index in [-0.39, 0.29) is 12.3 Å². The average Bonchev–Trinajstić information content (AvgIpc) is 3.35. The Labute approximate surface area is 182 Å². The summed E-state index contributed by atoms with van der Waals surface area (Å²) in [6.07, 6.45) is -0.541. The number of halogens is 2. The summed E-state index contributed by atoms with van der Waals surface area (Å²) in [5.74, 6) is 0.372. The molecule has 3 aromatic rings. The molecule has 12 heteroatoms. The zero-order valence-corrected chi connectivity index (χ0v) is 18.2. The van der Waals surface area contributed by atoms with Gasteiger partial charge in [-0.2, -0.15) is 19.6 Å². The molecule has 170 valence electrons. The SMILES string of the molecule is CCC(=NN=C(C)c1ccn(CC(F)F)n1)OCc1c(C)cccc1-n1nnn(C)c1=O. The zero-order chi connectivity index (χ0) is 23.3. The van der Waals surface area contributed by atoms with Crippen LogP contribution in [0.25, 0.3) is 5.69 Å². The topological polar surface area (TPSA) is 104 Å². The largest absolute Gasteiger partial charge is 0.475 e. The first-order valence-electron chi connectivity index (χ1n) is 9.94. The maximum absolute atomic E-state index is 12.5. The minimum atomic E-state index is -2.48. The monoisotopic (exact) mass is 446 g/mol. The summed E-state index contributed by atoms with van der Waals surface area (Å²) in [5.41, 5.74) is 2.81. The quantitative estimate of drug-likeness (QED) is 0.300. The van der Waals surface area contributed by atoms with Gasteiger partial charge in [-0.05, 0) is 42.0 Å². The number of tetrazole rings is 1. The third kappa shape index (κ3) is 5.31. The van der Waals surface area contributed by atoms with Crippen LogP contribution in [0.2, 0.25) is 0 Å². The molecule has 1 aromatic carbocycles. The Kier molecular flexibility index (Phi) is 7.23. The van der Waals surface area contributed by atoms with E-state index in [2.05, 4.69) is 25.7 Å². The third-order valence-electron chi connectivity index (χ3n) is 4.67. The van der Waals surface area contributed by atoms with E-state index in [0.717, 1.165) is 20.5 Å². The van der Waals surface area contributed by atoms with E-state index >= 15 is 0 Å². The zero-order valence-electron chi connectivity index (χ0n) is 18.2. The van der Waals surface area contributed by atoms with Crippen molar-refractivity contribution in [2.75, 3.05) is 0 Å². The van der Waals surface area contributed by atoms with Gasteiger partial charge in [0.25, 0.3) is 6.43 Å². The normalized spacial score (nSPS) is 12.6. The van der Waals surface area contributed by atoms with Crippen molar-refractivity contribution in [1.82, 2.24) is 29.6 Å². The number of hydrogen-bond donors (Lipinski definition) is 0. The summed E-state index contributed by atoms with van der Waals surface area (Å²) in [7, 11) is 1.52. The van der Waals surface area contributed by atoms with Crippen LogP contribution in [0.1, 0.15) is 37.1 Å². The van der Waals surface area contributed by atoms with E-state index in [0.29, 0.717) is 29.4 Å². The minimum absolute atomic E-state index is 0.148. The van der Waals surface area contributed by atoms with Crippen molar-refractivity contribution >= 4 is 11.6 Å². The Morgan fingerprint density at radius 1 is 1.22 bits per heavy atom. The number of aromatic nitrogens is 6. The van der Waals surface area contributed by atoms with Crippen LogP contribution in [0.5, 0.6) is 0 Å². The van der Waals surface area contributed by atoms with E-state index < -0.39 is 13.0 Å². The van der Waals surface area contributed by atoms with Crippen LogP contribution in [0.4, 0.5) is 8.78 Å². The van der Waals surface area contributed by atoms with Crippen LogP contribution < -0.4 is 5.69 Å². The van der Waals surface area contributed by atoms with Crippen molar-refractivity contribution in [3.05, 3.63) is 57.8 Å². The van der Waals surface area contributed by atoms with Gasteiger partial charge in [-0.25, -0.2) is 13.6 Å². The van der Waals surface area contributed by atoms with Gasteiger partial charge in [0.1, 0.15) is 18.8 Å². The Bertz CT molecular complexity index is 1190. The van der Waals surface area contributed by atoms with Gasteiger partial charge in [0.15, 0.2) is 0 Å². The van der Waals surface area contributed by atoms with Gasteiger partial charge in [0, 0.05) is 25.2 Å². The van der Waals surface area contributed by atoms with Crippen LogP contribution in [0.3, 0.4) is 0 Å². The number of alkyl halides is 2. The molecule has 3 rings (SSSR count). The molecular weight excluding hydrogens is 422 g/mol. The van der Waals surface area contributed by atoms with Crippen LogP contribution in [-0.2, 0) is 24.9 Å². The predicted octanol–water partition coefficient (Wildman–Crippen LogP) is 2.49. The lowest BCUT2D eigenvalue weighted by Crippen LogP contribution is -2.23. The lowest BCUT2D eigenvalue weighted by Gasteiger charge is -2.13. The molecule has 2 aromatic heterocycles. The number of ether oxygens (including phenoxy) is 1. The smallest absolute Gasteiger partial charge is 0.368 e. The highest BCUT2D eigenvalue weighted by atomic mass is 19.3. The number of aryl methyl sites for hydroxylation is 2. The summed E-state index contributed by atoms with van der Waals surface area (Å²) in [4.78, 5) is 12.3. The summed E-state index contributed by atoms with van der Waals surface area (Å²) in [5, 5.41) is 20.0. The first-order valence-corrected chi connectivity index (χ1v) is 9.94. The summed E-state index contributed by atoms with van der Waals surface area (Å²) < 4.78 is 34.4. The third-order valence-corrected chi connectivity index (χ3v) is 4.67. The number of benzene rings is 1. The van der Waals surface area contributed by atoms with Gasteiger partial charge >= 0.3 is 5.69 Å². The summed E-state index contributed by atoms with van der Waals surface area (Å²) >= 11 is 0. The second kappa shape index (κ2) is 10.1. The number of nitrogens with zero attached hydrogens (tertiary/aromatic N) is 8. The van der Waals surface area contributed by atoms with Crippen molar-refractivity contribution < 1.29 is 13.5 Å². The lowest BCUT2D eigenvalue weighted by atomic mass is 10.1. The fourth-order valence-electron chi connectivity index (χ4n) is 2.87. The highest BCUT2D eigenvalue weighted by Crippen LogP contribution is 2.18. The lowest BCUT2D eigenvalue weighted by molar-refractivity contribution is 0.122. The van der Waals surface area contributed by atoms with Gasteiger partial charge in [0.05, 0.1) is 11.4 Å². The Balaban J connectivity index is 1.78. The van der Waals surface area contributed by atoms with E-state index in [1.165, 1.54) is 17.9 Å². The fraction of sp³-hybridized carbons (Fsp3) is 0.400. The summed E-state index contributed by atoms with van der Waals surface area (Å²) in [6.45, 7) is 5.13. The van der Waals surface area contributed by atoms with Gasteiger partial charge in [-0.15, -0.1) is 5.10 Å². The molecule has 0 fully saturated rings. The number of hydrogen-bond acceptors (Lipinski definition) is 7. The Morgan fingerprint density at radius 3 is 2.66 bits per heavy atom. The first kappa shape index (κ1) is 23.0. The van der Waals surface area contributed by atoms with Crippen molar-refractivity contribution in [3.8, 4) is 5.69 Å². The van der Waals surface area contributed by atoms with Crippen LogP contribution in [0, 0.1) is 6.92 Å². The first-order chi connectivity index (χ1) is 15.3. The molecule has 0 aliphatic rings. The van der Waals surface area contributed by atoms with Crippen molar-refractivity contribution in [2.45, 2.75) is 46.8 Å². The maximum Gasteiger partial charge on any atom is 0.368 e. The van der Waals surface area contributed by atoms with Crippen molar-refractivity contribution in [3.63, 3.8) is 0 Å². The second-order valence-corrected chi connectivity index (χ2v) is 7.00. The second-order valence-electron chi connectivity index (χ2n) is 7.00. The van der Waals surface area contributed by atoms with Crippen molar-refractivity contribution in [2.24, 2.45) is 17.3 Å². The molecule has 10 nitrogen and oxygen atoms in total. The van der Waals surface area contributed by atoms with Crippen LogP contribution in [0.15, 0.2) is 45.5 Å². The highest BCUT2D eigenvalue weighted by molar-refractivity contribution is 5.97. The maximum atomic E-state index is 12.5. The molecule has 0 aliphatic heterocycles. The van der Waals surface area contributed by atoms with Gasteiger partial charge in [-0.3, -0.25) is 4.68 Å². The number of rotatable bonds is 8. The molecule has 0 unspecified atom stereocenters. The predicted molar refractivity (Wildman–Crippen MR) is 114 cm³/mol. The molecule has 0 saturated heterocycles. The molecule has 0 saturated carbocycles. The molecule has 0 bridgehead atoms. The van der Waals surface area contributed by atoms with Crippen LogP contribution in [-0.4, -0.2) is 47.6 Å². The molecule has 32 heavy (non-hydrogen) atoms. The van der Waals surface area contributed by atoms with Gasteiger partial charge in [0.2, 0.25) is 5.90 Å². The fourth-order valence-corrected chi connectivity index (χ4v) is 2.87. The molecule has 0 radical (unpaired) electrons. The molecule has 0 amide bonds. The van der Waals surface area contributed by atoms with Gasteiger partial charge in [-0.1, -0.05) is 19.1 Å². The van der Waals surface area contributed by atoms with E-state index in [1.807, 2.05) is 26.0 Å². The Morgan fingerprint density at radius 2 is 2.00 bits per heavy atom. The highest BCUT2D eigenvalue weighted by Gasteiger charge is 2.14. The van der Waals surface area contributed by atoms with Gasteiger partial charge < -0.3 is 4.74 Å².